The van der Waals surface area contributed by atoms with Gasteiger partial charge in [0, 0.05) is 6.54 Å². The first-order chi connectivity index (χ1) is 10.2. The zero-order chi connectivity index (χ0) is 15.1. The van der Waals surface area contributed by atoms with Crippen molar-refractivity contribution in [2.45, 2.75) is 12.5 Å². The highest BCUT2D eigenvalue weighted by Gasteiger charge is 2.13. The van der Waals surface area contributed by atoms with Crippen molar-refractivity contribution >= 4 is 0 Å². The van der Waals surface area contributed by atoms with Crippen LogP contribution in [-0.4, -0.2) is 30.4 Å². The molecule has 21 heavy (non-hydrogen) atoms. The second-order valence-electron chi connectivity index (χ2n) is 4.90. The van der Waals surface area contributed by atoms with Gasteiger partial charge in [0.2, 0.25) is 0 Å². The Balaban J connectivity index is 1.97. The summed E-state index contributed by atoms with van der Waals surface area (Å²) in [5.74, 6) is -0.244. The molecule has 112 valence electrons. The van der Waals surface area contributed by atoms with Gasteiger partial charge in [-0.15, -0.1) is 0 Å². The van der Waals surface area contributed by atoms with Gasteiger partial charge in [0.1, 0.15) is 0 Å². The van der Waals surface area contributed by atoms with Crippen LogP contribution in [-0.2, 0) is 11.2 Å². The molecule has 0 fully saturated rings. The van der Waals surface area contributed by atoms with E-state index in [9.17, 15) is 10.2 Å². The summed E-state index contributed by atoms with van der Waals surface area (Å²) in [7, 11) is 1.85. The number of ether oxygens (including phenoxy) is 1. The lowest BCUT2D eigenvalue weighted by Gasteiger charge is -2.18. The van der Waals surface area contributed by atoms with Crippen LogP contribution in [0.3, 0.4) is 0 Å². The summed E-state index contributed by atoms with van der Waals surface area (Å²) in [5.41, 5.74) is 2.07. The number of hydrogen-bond donors (Lipinski definition) is 3. The highest BCUT2D eigenvalue weighted by atomic mass is 16.5. The lowest BCUT2D eigenvalue weighted by molar-refractivity contribution is 0.0559. The summed E-state index contributed by atoms with van der Waals surface area (Å²) in [4.78, 5) is 0. The average molecular weight is 287 g/mol. The minimum atomic E-state index is -0.162. The molecule has 2 aromatic carbocycles. The fourth-order valence-corrected chi connectivity index (χ4v) is 2.16. The molecule has 1 atom stereocenters. The Kier molecular flexibility index (Phi) is 5.60. The lowest BCUT2D eigenvalue weighted by atomic mass is 10.1. The number of likely N-dealkylation sites (N-methyl/N-ethyl adjacent to an activating group) is 1. The second-order valence-corrected chi connectivity index (χ2v) is 4.90. The largest absolute Gasteiger partial charge is 0.504 e. The maximum atomic E-state index is 9.59. The predicted molar refractivity (Wildman–Crippen MR) is 82.5 cm³/mol. The van der Waals surface area contributed by atoms with E-state index in [-0.39, 0.29) is 17.6 Å². The van der Waals surface area contributed by atoms with Crippen LogP contribution < -0.4 is 5.32 Å². The average Bonchev–Trinajstić information content (AvgIpc) is 2.50. The van der Waals surface area contributed by atoms with Crippen molar-refractivity contribution in [3.8, 4) is 11.5 Å². The van der Waals surface area contributed by atoms with Crippen molar-refractivity contribution in [2.24, 2.45) is 0 Å². The summed E-state index contributed by atoms with van der Waals surface area (Å²) in [6.45, 7) is 1.23. The van der Waals surface area contributed by atoms with Crippen LogP contribution >= 0.6 is 0 Å². The zero-order valence-corrected chi connectivity index (χ0v) is 12.1. The van der Waals surface area contributed by atoms with Gasteiger partial charge in [-0.1, -0.05) is 36.4 Å². The van der Waals surface area contributed by atoms with E-state index < -0.39 is 0 Å². The van der Waals surface area contributed by atoms with Crippen LogP contribution in [0.5, 0.6) is 11.5 Å². The smallest absolute Gasteiger partial charge is 0.157 e. The first kappa shape index (κ1) is 15.4. The molecule has 0 saturated carbocycles. The molecule has 0 saturated heterocycles. The molecule has 3 N–H and O–H groups in total. The molecule has 2 rings (SSSR count). The second kappa shape index (κ2) is 7.67. The van der Waals surface area contributed by atoms with Crippen molar-refractivity contribution in [1.29, 1.82) is 0 Å². The van der Waals surface area contributed by atoms with Crippen molar-refractivity contribution in [2.75, 3.05) is 20.2 Å². The van der Waals surface area contributed by atoms with Gasteiger partial charge < -0.3 is 20.3 Å². The molecule has 0 aromatic heterocycles. The van der Waals surface area contributed by atoms with E-state index in [0.717, 1.165) is 12.0 Å². The molecule has 4 nitrogen and oxygen atoms in total. The van der Waals surface area contributed by atoms with Gasteiger partial charge >= 0.3 is 0 Å². The molecule has 0 aliphatic rings. The topological polar surface area (TPSA) is 61.7 Å². The number of phenolic OH excluding ortho intramolecular Hbond substituents is 2. The van der Waals surface area contributed by atoms with E-state index in [1.54, 1.807) is 12.1 Å². The summed E-state index contributed by atoms with van der Waals surface area (Å²) < 4.78 is 5.91. The Bertz CT molecular complexity index is 557. The third-order valence-electron chi connectivity index (χ3n) is 3.31. The molecule has 0 aliphatic carbocycles. The Morgan fingerprint density at radius 2 is 1.81 bits per heavy atom. The molecule has 0 bridgehead atoms. The fraction of sp³-hybridized carbons (Fsp3) is 0.294. The molecule has 0 amide bonds. The van der Waals surface area contributed by atoms with Gasteiger partial charge in [0.05, 0.1) is 12.7 Å². The Hall–Kier alpha value is -2.04. The monoisotopic (exact) mass is 287 g/mol. The number of nitrogens with one attached hydrogen (secondary N) is 1. The van der Waals surface area contributed by atoms with Crippen molar-refractivity contribution in [3.63, 3.8) is 0 Å². The third-order valence-corrected chi connectivity index (χ3v) is 3.31. The quantitative estimate of drug-likeness (QED) is 0.685. The summed E-state index contributed by atoms with van der Waals surface area (Å²) in [6.07, 6.45) is 0.677. The van der Waals surface area contributed by atoms with Crippen LogP contribution in [0.25, 0.3) is 0 Å². The van der Waals surface area contributed by atoms with Crippen LogP contribution in [0, 0.1) is 0 Å². The molecule has 0 spiro atoms. The van der Waals surface area contributed by atoms with E-state index >= 15 is 0 Å². The summed E-state index contributed by atoms with van der Waals surface area (Å²) >= 11 is 0. The van der Waals surface area contributed by atoms with Crippen molar-refractivity contribution in [1.82, 2.24) is 5.32 Å². The summed E-state index contributed by atoms with van der Waals surface area (Å²) in [5, 5.41) is 22.0. The van der Waals surface area contributed by atoms with E-state index in [1.807, 2.05) is 25.2 Å². The predicted octanol–water partition coefficient (Wildman–Crippen LogP) is 2.62. The Morgan fingerprint density at radius 1 is 1.05 bits per heavy atom. The minimum absolute atomic E-state index is 0.119. The van der Waals surface area contributed by atoms with Crippen LogP contribution in [0.4, 0.5) is 0 Å². The number of phenols is 2. The highest BCUT2D eigenvalue weighted by Crippen LogP contribution is 2.29. The van der Waals surface area contributed by atoms with Gasteiger partial charge in [-0.3, -0.25) is 0 Å². The van der Waals surface area contributed by atoms with Gasteiger partial charge in [0.15, 0.2) is 11.5 Å². The van der Waals surface area contributed by atoms with Gasteiger partial charge in [0.25, 0.3) is 0 Å². The van der Waals surface area contributed by atoms with Crippen molar-refractivity contribution in [3.05, 3.63) is 59.7 Å². The Labute approximate surface area is 125 Å². The third kappa shape index (κ3) is 4.48. The number of rotatable bonds is 7. The molecule has 0 unspecified atom stereocenters. The van der Waals surface area contributed by atoms with E-state index in [4.69, 9.17) is 4.74 Å². The maximum Gasteiger partial charge on any atom is 0.157 e. The van der Waals surface area contributed by atoms with Crippen molar-refractivity contribution < 1.29 is 14.9 Å². The number of benzene rings is 2. The fourth-order valence-electron chi connectivity index (χ4n) is 2.16. The molecule has 0 heterocycles. The lowest BCUT2D eigenvalue weighted by Crippen LogP contribution is -2.20. The zero-order valence-electron chi connectivity index (χ0n) is 12.1. The summed E-state index contributed by atoms with van der Waals surface area (Å²) in [6, 6.07) is 14.9. The Morgan fingerprint density at radius 3 is 2.48 bits per heavy atom. The molecular weight excluding hydrogens is 266 g/mol. The first-order valence-electron chi connectivity index (χ1n) is 7.02. The van der Waals surface area contributed by atoms with E-state index in [2.05, 4.69) is 17.4 Å². The van der Waals surface area contributed by atoms with E-state index in [0.29, 0.717) is 13.2 Å². The maximum absolute atomic E-state index is 9.59. The molecule has 0 radical (unpaired) electrons. The minimum Gasteiger partial charge on any atom is -0.504 e. The normalized spacial score (nSPS) is 12.2. The molecular formula is C17H21NO3. The van der Waals surface area contributed by atoms with Crippen LogP contribution in [0.15, 0.2) is 48.5 Å². The first-order valence-corrected chi connectivity index (χ1v) is 7.02. The van der Waals surface area contributed by atoms with Gasteiger partial charge in [-0.25, -0.2) is 0 Å². The van der Waals surface area contributed by atoms with Gasteiger partial charge in [-0.05, 0) is 36.7 Å². The van der Waals surface area contributed by atoms with E-state index in [1.165, 1.54) is 11.6 Å². The standard InChI is InChI=1S/C17H21NO3/c1-18-12-17(14-7-8-15(19)16(20)11-14)21-10-9-13-5-3-2-4-6-13/h2-8,11,17-20H,9-10,12H2,1H3/t17-/m0/s1. The molecule has 4 heteroatoms. The highest BCUT2D eigenvalue weighted by molar-refractivity contribution is 5.41. The van der Waals surface area contributed by atoms with Crippen LogP contribution in [0.1, 0.15) is 17.2 Å². The SMILES string of the molecule is CNC[C@H](OCCc1ccccc1)c1ccc(O)c(O)c1. The van der Waals surface area contributed by atoms with Gasteiger partial charge in [-0.2, -0.15) is 0 Å². The number of hydrogen-bond acceptors (Lipinski definition) is 4. The van der Waals surface area contributed by atoms with Crippen LogP contribution in [0.2, 0.25) is 0 Å². The molecule has 2 aromatic rings. The molecule has 0 aliphatic heterocycles. The number of aromatic hydroxyl groups is 2.